The number of rotatable bonds is 4. The zero-order valence-corrected chi connectivity index (χ0v) is 17.2. The summed E-state index contributed by atoms with van der Waals surface area (Å²) in [6.07, 6.45) is 0. The third kappa shape index (κ3) is 2.81. The molecule has 0 spiro atoms. The maximum Gasteiger partial charge on any atom is 0.330 e. The molecule has 156 valence electrons. The number of H-pyrrole nitrogens is 1. The summed E-state index contributed by atoms with van der Waals surface area (Å²) in [4.78, 5) is 41.7. The van der Waals surface area contributed by atoms with E-state index in [1.54, 1.807) is 13.2 Å². The van der Waals surface area contributed by atoms with E-state index in [1.165, 1.54) is 4.57 Å². The maximum atomic E-state index is 13.5. The van der Waals surface area contributed by atoms with E-state index < -0.39 is 17.2 Å². The van der Waals surface area contributed by atoms with Crippen LogP contribution in [0.4, 0.5) is 5.82 Å². The Morgan fingerprint density at radius 1 is 1.00 bits per heavy atom. The highest BCUT2D eigenvalue weighted by atomic mass is 16.5. The Hall–Kier alpha value is -3.71. The van der Waals surface area contributed by atoms with E-state index in [4.69, 9.17) is 4.74 Å². The normalized spacial score (nSPS) is 16.6. The van der Waals surface area contributed by atoms with Gasteiger partial charge in [-0.25, -0.2) is 4.79 Å². The molecule has 5 rings (SSSR count). The molecular formula is C24H21N3O4. The van der Waals surface area contributed by atoms with Crippen LogP contribution >= 0.6 is 0 Å². The lowest BCUT2D eigenvalue weighted by Gasteiger charge is -2.30. The molecule has 1 aliphatic heterocycles. The third-order valence-electron chi connectivity index (χ3n) is 6.03. The molecule has 0 saturated carbocycles. The first-order valence-electron chi connectivity index (χ1n) is 10.1. The van der Waals surface area contributed by atoms with Crippen molar-refractivity contribution in [2.24, 2.45) is 0 Å². The summed E-state index contributed by atoms with van der Waals surface area (Å²) in [6.45, 7) is 2.52. The topological polar surface area (TPSA) is 93.2 Å². The van der Waals surface area contributed by atoms with Crippen molar-refractivity contribution in [2.75, 3.05) is 19.0 Å². The van der Waals surface area contributed by atoms with Gasteiger partial charge in [-0.2, -0.15) is 0 Å². The Morgan fingerprint density at radius 2 is 1.71 bits per heavy atom. The number of nitrogens with one attached hydrogen (secondary N) is 2. The summed E-state index contributed by atoms with van der Waals surface area (Å²) in [5, 5.41) is 3.27. The highest BCUT2D eigenvalue weighted by Gasteiger charge is 2.42. The van der Waals surface area contributed by atoms with Crippen LogP contribution in [-0.4, -0.2) is 29.1 Å². The summed E-state index contributed by atoms with van der Waals surface area (Å²) in [5.74, 6) is -0.293. The maximum absolute atomic E-state index is 13.5. The molecular weight excluding hydrogens is 394 g/mol. The minimum absolute atomic E-state index is 0.106. The average Bonchev–Trinajstić information content (AvgIpc) is 3.05. The quantitative estimate of drug-likeness (QED) is 0.683. The van der Waals surface area contributed by atoms with Crippen LogP contribution in [0.3, 0.4) is 0 Å². The molecule has 1 atom stereocenters. The lowest BCUT2D eigenvalue weighted by atomic mass is 9.80. The van der Waals surface area contributed by atoms with E-state index in [0.29, 0.717) is 34.8 Å². The van der Waals surface area contributed by atoms with Crippen molar-refractivity contribution in [3.63, 3.8) is 0 Å². The zero-order valence-electron chi connectivity index (χ0n) is 17.2. The summed E-state index contributed by atoms with van der Waals surface area (Å²) in [6, 6.07) is 15.1. The average molecular weight is 415 g/mol. The molecule has 1 aromatic heterocycles. The summed E-state index contributed by atoms with van der Waals surface area (Å²) in [7, 11) is 1.55. The van der Waals surface area contributed by atoms with Crippen molar-refractivity contribution in [3.05, 3.63) is 103 Å². The number of hydrogen-bond donors (Lipinski definition) is 2. The van der Waals surface area contributed by atoms with Crippen LogP contribution in [0.5, 0.6) is 0 Å². The van der Waals surface area contributed by atoms with Gasteiger partial charge in [0, 0.05) is 29.7 Å². The third-order valence-corrected chi connectivity index (χ3v) is 6.03. The molecule has 7 nitrogen and oxygen atoms in total. The first kappa shape index (κ1) is 19.3. The Labute approximate surface area is 178 Å². The van der Waals surface area contributed by atoms with Crippen LogP contribution in [0, 0.1) is 6.92 Å². The Bertz CT molecular complexity index is 1380. The molecule has 0 unspecified atom stereocenters. The molecule has 2 aliphatic rings. The van der Waals surface area contributed by atoms with Crippen LogP contribution < -0.4 is 16.6 Å². The number of hydrogen-bond acceptors (Lipinski definition) is 5. The number of ketones is 1. The van der Waals surface area contributed by atoms with E-state index in [2.05, 4.69) is 10.3 Å². The SMILES string of the molecule is COCCn1c2c(c(=O)[nH]c1=O)[C@@H](c1ccccc1C)C1=C(N2)c2ccccc2C1=O. The number of aryl methyl sites for hydroxylation is 1. The van der Waals surface area contributed by atoms with Crippen molar-refractivity contribution < 1.29 is 9.53 Å². The number of benzene rings is 2. The van der Waals surface area contributed by atoms with E-state index >= 15 is 0 Å². The highest BCUT2D eigenvalue weighted by molar-refractivity contribution is 6.23. The number of nitrogens with zero attached hydrogens (tertiary/aromatic N) is 1. The molecule has 0 saturated heterocycles. The molecule has 0 radical (unpaired) electrons. The fourth-order valence-electron chi connectivity index (χ4n) is 4.58. The number of anilines is 1. The van der Waals surface area contributed by atoms with Crippen molar-refractivity contribution >= 4 is 17.3 Å². The lowest BCUT2D eigenvalue weighted by molar-refractivity contribution is 0.103. The van der Waals surface area contributed by atoms with Gasteiger partial charge < -0.3 is 10.1 Å². The molecule has 2 aromatic carbocycles. The van der Waals surface area contributed by atoms with E-state index in [-0.39, 0.29) is 12.3 Å². The van der Waals surface area contributed by atoms with Gasteiger partial charge in [0.25, 0.3) is 5.56 Å². The number of aromatic amines is 1. The van der Waals surface area contributed by atoms with Gasteiger partial charge in [0.05, 0.1) is 24.4 Å². The lowest BCUT2D eigenvalue weighted by Crippen LogP contribution is -2.39. The summed E-state index contributed by atoms with van der Waals surface area (Å²) >= 11 is 0. The standard InChI is InChI=1S/C24H21N3O4/c1-13-7-3-4-8-14(13)17-18-20(15-9-5-6-10-16(15)21(18)28)25-22-19(17)23(29)26-24(30)27(22)11-12-31-2/h3-10,17,25H,11-12H2,1-2H3,(H,26,29,30)/t17-/m0/s1. The van der Waals surface area contributed by atoms with Gasteiger partial charge in [-0.15, -0.1) is 0 Å². The Morgan fingerprint density at radius 3 is 2.45 bits per heavy atom. The largest absolute Gasteiger partial charge is 0.383 e. The number of Topliss-reactive ketones (excluding diaryl/α,β-unsaturated/α-hetero) is 1. The Balaban J connectivity index is 1.85. The molecule has 0 amide bonds. The zero-order chi connectivity index (χ0) is 21.7. The van der Waals surface area contributed by atoms with Crippen molar-refractivity contribution in [1.82, 2.24) is 9.55 Å². The molecule has 31 heavy (non-hydrogen) atoms. The number of allylic oxidation sites excluding steroid dienone is 1. The number of aromatic nitrogens is 2. The van der Waals surface area contributed by atoms with Crippen molar-refractivity contribution in [3.8, 4) is 0 Å². The molecule has 2 N–H and O–H groups in total. The van der Waals surface area contributed by atoms with Crippen LogP contribution in [0.15, 0.2) is 63.7 Å². The second-order valence-corrected chi connectivity index (χ2v) is 7.74. The fourth-order valence-corrected chi connectivity index (χ4v) is 4.58. The predicted molar refractivity (Wildman–Crippen MR) is 118 cm³/mol. The fraction of sp³-hybridized carbons (Fsp3) is 0.208. The van der Waals surface area contributed by atoms with Crippen LogP contribution in [0.2, 0.25) is 0 Å². The van der Waals surface area contributed by atoms with E-state index in [9.17, 15) is 14.4 Å². The first-order chi connectivity index (χ1) is 15.0. The number of methoxy groups -OCH3 is 1. The van der Waals surface area contributed by atoms with Crippen LogP contribution in [0.25, 0.3) is 5.70 Å². The number of ether oxygens (including phenoxy) is 1. The summed E-state index contributed by atoms with van der Waals surface area (Å²) in [5.41, 5.74) is 3.73. The molecule has 2 heterocycles. The Kier molecular flexibility index (Phi) is 4.48. The second kappa shape index (κ2) is 7.21. The highest BCUT2D eigenvalue weighted by Crippen LogP contribution is 2.48. The van der Waals surface area contributed by atoms with Crippen molar-refractivity contribution in [1.29, 1.82) is 0 Å². The van der Waals surface area contributed by atoms with Gasteiger partial charge in [-0.05, 0) is 18.1 Å². The van der Waals surface area contributed by atoms with Gasteiger partial charge in [-0.1, -0.05) is 48.5 Å². The predicted octanol–water partition coefficient (Wildman–Crippen LogP) is 2.66. The first-order valence-corrected chi connectivity index (χ1v) is 10.1. The minimum atomic E-state index is -0.592. The van der Waals surface area contributed by atoms with Crippen LogP contribution in [-0.2, 0) is 11.3 Å². The van der Waals surface area contributed by atoms with E-state index in [1.807, 2.05) is 49.4 Å². The van der Waals surface area contributed by atoms with Crippen LogP contribution in [0.1, 0.15) is 38.5 Å². The van der Waals surface area contributed by atoms with Gasteiger partial charge in [-0.3, -0.25) is 19.1 Å². The molecule has 0 bridgehead atoms. The monoisotopic (exact) mass is 415 g/mol. The number of carbonyl (C=O) groups is 1. The second-order valence-electron chi connectivity index (χ2n) is 7.74. The molecule has 7 heteroatoms. The van der Waals surface area contributed by atoms with Gasteiger partial charge in [0.1, 0.15) is 5.82 Å². The molecule has 1 aliphatic carbocycles. The van der Waals surface area contributed by atoms with Gasteiger partial charge in [0.2, 0.25) is 0 Å². The van der Waals surface area contributed by atoms with Gasteiger partial charge >= 0.3 is 5.69 Å². The van der Waals surface area contributed by atoms with E-state index in [0.717, 1.165) is 16.7 Å². The minimum Gasteiger partial charge on any atom is -0.383 e. The van der Waals surface area contributed by atoms with Crippen molar-refractivity contribution in [2.45, 2.75) is 19.4 Å². The summed E-state index contributed by atoms with van der Waals surface area (Å²) < 4.78 is 6.64. The smallest absolute Gasteiger partial charge is 0.330 e. The molecule has 3 aromatic rings. The number of fused-ring (bicyclic) bond motifs is 3. The molecule has 0 fully saturated rings. The van der Waals surface area contributed by atoms with Gasteiger partial charge in [0.15, 0.2) is 5.78 Å². The number of carbonyl (C=O) groups excluding carboxylic acids is 1.